The van der Waals surface area contributed by atoms with Crippen LogP contribution in [0.15, 0.2) is 30.6 Å². The number of anilines is 1. The Balaban J connectivity index is 1.65. The molecule has 0 saturated carbocycles. The first-order chi connectivity index (χ1) is 9.85. The van der Waals surface area contributed by atoms with Crippen molar-refractivity contribution in [2.45, 2.75) is 39.4 Å². The number of nitrogens with zero attached hydrogens (tertiary/aromatic N) is 2. The maximum Gasteiger partial charge on any atom is 0.129 e. The van der Waals surface area contributed by atoms with E-state index in [1.165, 1.54) is 16.7 Å². The normalized spacial score (nSPS) is 13.2. The molecule has 0 unspecified atom stereocenters. The number of fused-ring (bicyclic) bond motifs is 1. The van der Waals surface area contributed by atoms with E-state index in [9.17, 15) is 0 Å². The van der Waals surface area contributed by atoms with Crippen molar-refractivity contribution in [3.8, 4) is 0 Å². The van der Waals surface area contributed by atoms with Gasteiger partial charge in [0.2, 0.25) is 0 Å². The minimum absolute atomic E-state index is 0.801. The molecule has 0 saturated heterocycles. The number of rotatable bonds is 5. The number of benzene rings is 1. The van der Waals surface area contributed by atoms with E-state index >= 15 is 0 Å². The standard InChI is InChI=1S/C16H20N4/c1-2-3-15-7-16(20-11-19-15)18-8-12-4-5-13-9-17-10-14(13)6-12/h4-7,11,17H,2-3,8-10H2,1H3,(H,18,19,20). The van der Waals surface area contributed by atoms with Gasteiger partial charge < -0.3 is 10.6 Å². The Morgan fingerprint density at radius 1 is 1.15 bits per heavy atom. The summed E-state index contributed by atoms with van der Waals surface area (Å²) < 4.78 is 0. The molecule has 1 aromatic heterocycles. The summed E-state index contributed by atoms with van der Waals surface area (Å²) >= 11 is 0. The fraction of sp³-hybridized carbons (Fsp3) is 0.375. The molecule has 0 bridgehead atoms. The van der Waals surface area contributed by atoms with Gasteiger partial charge in [-0.1, -0.05) is 31.5 Å². The molecule has 1 aliphatic rings. The molecule has 1 aromatic carbocycles. The first-order valence-electron chi connectivity index (χ1n) is 7.21. The highest BCUT2D eigenvalue weighted by Gasteiger charge is 2.09. The second-order valence-electron chi connectivity index (χ2n) is 5.20. The van der Waals surface area contributed by atoms with E-state index in [4.69, 9.17) is 0 Å². The summed E-state index contributed by atoms with van der Waals surface area (Å²) in [5.74, 6) is 0.905. The Bertz CT molecular complexity index is 595. The molecule has 20 heavy (non-hydrogen) atoms. The SMILES string of the molecule is CCCc1cc(NCc2ccc3c(c2)CNC3)ncn1. The molecule has 2 aromatic rings. The molecule has 0 amide bonds. The van der Waals surface area contributed by atoms with Gasteiger partial charge in [0, 0.05) is 31.4 Å². The molecule has 4 nitrogen and oxygen atoms in total. The van der Waals surface area contributed by atoms with Crippen LogP contribution in [0.1, 0.15) is 35.7 Å². The van der Waals surface area contributed by atoms with E-state index in [-0.39, 0.29) is 0 Å². The molecular formula is C16H20N4. The van der Waals surface area contributed by atoms with Gasteiger partial charge in [0.1, 0.15) is 12.1 Å². The number of hydrogen-bond acceptors (Lipinski definition) is 4. The molecule has 0 atom stereocenters. The van der Waals surface area contributed by atoms with Crippen molar-refractivity contribution in [1.82, 2.24) is 15.3 Å². The average molecular weight is 268 g/mol. The monoisotopic (exact) mass is 268 g/mol. The fourth-order valence-electron chi connectivity index (χ4n) is 2.54. The van der Waals surface area contributed by atoms with Crippen molar-refractivity contribution in [1.29, 1.82) is 0 Å². The molecule has 0 spiro atoms. The highest BCUT2D eigenvalue weighted by molar-refractivity contribution is 5.39. The van der Waals surface area contributed by atoms with E-state index < -0.39 is 0 Å². The third kappa shape index (κ3) is 2.96. The van der Waals surface area contributed by atoms with Gasteiger partial charge in [-0.2, -0.15) is 0 Å². The third-order valence-electron chi connectivity index (χ3n) is 3.61. The van der Waals surface area contributed by atoms with E-state index in [2.05, 4.69) is 45.7 Å². The summed E-state index contributed by atoms with van der Waals surface area (Å²) in [5.41, 5.74) is 5.23. The molecule has 4 heteroatoms. The van der Waals surface area contributed by atoms with Gasteiger partial charge in [-0.3, -0.25) is 0 Å². The topological polar surface area (TPSA) is 49.8 Å². The lowest BCUT2D eigenvalue weighted by Gasteiger charge is -2.08. The minimum atomic E-state index is 0.801. The van der Waals surface area contributed by atoms with Crippen LogP contribution in [0.3, 0.4) is 0 Å². The smallest absolute Gasteiger partial charge is 0.129 e. The highest BCUT2D eigenvalue weighted by atomic mass is 15.0. The summed E-state index contributed by atoms with van der Waals surface area (Å²) in [6.07, 6.45) is 3.75. The number of hydrogen-bond donors (Lipinski definition) is 2. The van der Waals surface area contributed by atoms with Crippen molar-refractivity contribution in [3.63, 3.8) is 0 Å². The van der Waals surface area contributed by atoms with Gasteiger partial charge in [0.25, 0.3) is 0 Å². The van der Waals surface area contributed by atoms with Gasteiger partial charge in [0.05, 0.1) is 0 Å². The summed E-state index contributed by atoms with van der Waals surface area (Å²) in [6, 6.07) is 8.72. The predicted molar refractivity (Wildman–Crippen MR) is 80.3 cm³/mol. The van der Waals surface area contributed by atoms with E-state index in [1.807, 2.05) is 6.07 Å². The van der Waals surface area contributed by atoms with E-state index in [0.717, 1.165) is 44.0 Å². The van der Waals surface area contributed by atoms with Gasteiger partial charge in [-0.15, -0.1) is 0 Å². The first-order valence-corrected chi connectivity index (χ1v) is 7.21. The van der Waals surface area contributed by atoms with Crippen molar-refractivity contribution < 1.29 is 0 Å². The Morgan fingerprint density at radius 2 is 2.05 bits per heavy atom. The molecule has 2 heterocycles. The maximum absolute atomic E-state index is 4.27. The van der Waals surface area contributed by atoms with E-state index in [1.54, 1.807) is 6.33 Å². The van der Waals surface area contributed by atoms with Crippen LogP contribution < -0.4 is 10.6 Å². The van der Waals surface area contributed by atoms with Gasteiger partial charge >= 0.3 is 0 Å². The number of nitrogens with one attached hydrogen (secondary N) is 2. The van der Waals surface area contributed by atoms with Crippen LogP contribution in [0.5, 0.6) is 0 Å². The van der Waals surface area contributed by atoms with E-state index in [0.29, 0.717) is 0 Å². The van der Waals surface area contributed by atoms with Crippen LogP contribution in [-0.4, -0.2) is 9.97 Å². The molecule has 0 aliphatic carbocycles. The van der Waals surface area contributed by atoms with Gasteiger partial charge in [-0.05, 0) is 23.1 Å². The predicted octanol–water partition coefficient (Wildman–Crippen LogP) is 2.64. The van der Waals surface area contributed by atoms with Crippen LogP contribution in [0.25, 0.3) is 0 Å². The summed E-state index contributed by atoms with van der Waals surface area (Å²) in [6.45, 7) is 4.94. The lowest BCUT2D eigenvalue weighted by atomic mass is 10.1. The molecule has 104 valence electrons. The lowest BCUT2D eigenvalue weighted by molar-refractivity contribution is 0.764. The molecule has 3 rings (SSSR count). The summed E-state index contributed by atoms with van der Waals surface area (Å²) in [4.78, 5) is 8.55. The Kier molecular flexibility index (Phi) is 3.92. The lowest BCUT2D eigenvalue weighted by Crippen LogP contribution is -2.03. The zero-order valence-electron chi connectivity index (χ0n) is 11.8. The van der Waals surface area contributed by atoms with Crippen LogP contribution in [0.2, 0.25) is 0 Å². The molecule has 2 N–H and O–H groups in total. The zero-order valence-corrected chi connectivity index (χ0v) is 11.8. The Hall–Kier alpha value is -1.94. The maximum atomic E-state index is 4.27. The number of aromatic nitrogens is 2. The average Bonchev–Trinajstić information content (AvgIpc) is 2.93. The molecule has 1 aliphatic heterocycles. The van der Waals surface area contributed by atoms with Crippen molar-refractivity contribution in [3.05, 3.63) is 53.0 Å². The van der Waals surface area contributed by atoms with Crippen molar-refractivity contribution in [2.75, 3.05) is 5.32 Å². The highest BCUT2D eigenvalue weighted by Crippen LogP contribution is 2.17. The minimum Gasteiger partial charge on any atom is -0.366 e. The number of aryl methyl sites for hydroxylation is 1. The Labute approximate surface area is 119 Å². The molecular weight excluding hydrogens is 248 g/mol. The zero-order chi connectivity index (χ0) is 13.8. The molecule has 0 fully saturated rings. The second-order valence-corrected chi connectivity index (χ2v) is 5.20. The Morgan fingerprint density at radius 3 is 2.95 bits per heavy atom. The van der Waals surface area contributed by atoms with Gasteiger partial charge in [0.15, 0.2) is 0 Å². The fourth-order valence-corrected chi connectivity index (χ4v) is 2.54. The van der Waals surface area contributed by atoms with Gasteiger partial charge in [-0.25, -0.2) is 9.97 Å². The van der Waals surface area contributed by atoms with Crippen molar-refractivity contribution in [2.24, 2.45) is 0 Å². The second kappa shape index (κ2) is 6.01. The van der Waals surface area contributed by atoms with Crippen LogP contribution in [0, 0.1) is 0 Å². The third-order valence-corrected chi connectivity index (χ3v) is 3.61. The van der Waals surface area contributed by atoms with Crippen LogP contribution in [0.4, 0.5) is 5.82 Å². The summed E-state index contributed by atoms with van der Waals surface area (Å²) in [5, 5.41) is 6.75. The quantitative estimate of drug-likeness (QED) is 0.875. The van der Waals surface area contributed by atoms with Crippen LogP contribution in [-0.2, 0) is 26.1 Å². The first kappa shape index (κ1) is 13.1. The van der Waals surface area contributed by atoms with Crippen LogP contribution >= 0.6 is 0 Å². The van der Waals surface area contributed by atoms with Crippen molar-refractivity contribution >= 4 is 5.82 Å². The largest absolute Gasteiger partial charge is 0.366 e. The molecule has 0 radical (unpaired) electrons. The summed E-state index contributed by atoms with van der Waals surface area (Å²) in [7, 11) is 0.